The van der Waals surface area contributed by atoms with Crippen molar-refractivity contribution in [3.63, 3.8) is 0 Å². The van der Waals surface area contributed by atoms with E-state index in [1.54, 1.807) is 12.9 Å². The van der Waals surface area contributed by atoms with Gasteiger partial charge < -0.3 is 5.02 Å². The number of aryl methyl sites for hydroxylation is 1. The van der Waals surface area contributed by atoms with E-state index in [4.69, 9.17) is 11.6 Å². The Bertz CT molecular complexity index is 260. The van der Waals surface area contributed by atoms with Gasteiger partial charge in [-0.3, -0.25) is 0 Å². The molecule has 0 aromatic heterocycles. The molecule has 0 aliphatic rings. The molecule has 1 aromatic rings. The third-order valence-electron chi connectivity index (χ3n) is 1.69. The zero-order valence-corrected chi connectivity index (χ0v) is 7.39. The van der Waals surface area contributed by atoms with Crippen LogP contribution in [0.15, 0.2) is 18.2 Å². The molecule has 1 aromatic carbocycles. The molecule has 0 bridgehead atoms. The van der Waals surface area contributed by atoms with Gasteiger partial charge in [-0.25, -0.2) is 0 Å². The minimum absolute atomic E-state index is 0.436. The van der Waals surface area contributed by atoms with Crippen molar-refractivity contribution in [2.45, 2.75) is 13.7 Å². The zero-order valence-electron chi connectivity index (χ0n) is 6.63. The van der Waals surface area contributed by atoms with Crippen molar-refractivity contribution in [1.82, 2.24) is 0 Å². The van der Waals surface area contributed by atoms with E-state index in [9.17, 15) is 5.02 Å². The maximum absolute atomic E-state index is 9.27. The molecule has 0 aliphatic heterocycles. The lowest BCUT2D eigenvalue weighted by Gasteiger charge is -2.05. The van der Waals surface area contributed by atoms with Crippen LogP contribution in [0.3, 0.4) is 0 Å². The van der Waals surface area contributed by atoms with Crippen molar-refractivity contribution < 1.29 is 5.02 Å². The molecule has 0 saturated carbocycles. The maximum Gasteiger partial charge on any atom is 0.320 e. The molecule has 1 N–H and O–H groups in total. The molecule has 58 valence electrons. The second kappa shape index (κ2) is 3.29. The first kappa shape index (κ1) is 8.63. The molecule has 1 rings (SSSR count). The van der Waals surface area contributed by atoms with Crippen molar-refractivity contribution in [1.29, 1.82) is 0 Å². The van der Waals surface area contributed by atoms with Crippen LogP contribution < -0.4 is 5.46 Å². The van der Waals surface area contributed by atoms with Crippen LogP contribution in [0.5, 0.6) is 0 Å². The zero-order chi connectivity index (χ0) is 8.43. The van der Waals surface area contributed by atoms with Crippen molar-refractivity contribution in [2.24, 2.45) is 0 Å². The minimum atomic E-state index is -0.436. The second-order valence-electron chi connectivity index (χ2n) is 2.68. The summed E-state index contributed by atoms with van der Waals surface area (Å²) in [7, 11) is 0. The smallest absolute Gasteiger partial charge is 0.320 e. The molecule has 0 spiro atoms. The fourth-order valence-electron chi connectivity index (χ4n) is 1.06. The average Bonchev–Trinajstić information content (AvgIpc) is 1.94. The standard InChI is InChI=1S/C8H10BClO/c1-6-3-4-7(10)5-8(6)9(2)11/h3-5,11H,1-2H3. The molecule has 0 amide bonds. The predicted octanol–water partition coefficient (Wildman–Crippen LogP) is 1.47. The van der Waals surface area contributed by atoms with E-state index < -0.39 is 6.92 Å². The summed E-state index contributed by atoms with van der Waals surface area (Å²) < 4.78 is 0. The van der Waals surface area contributed by atoms with Gasteiger partial charge in [-0.2, -0.15) is 0 Å². The van der Waals surface area contributed by atoms with Gasteiger partial charge in [0.25, 0.3) is 0 Å². The number of hydrogen-bond acceptors (Lipinski definition) is 1. The topological polar surface area (TPSA) is 20.2 Å². The molecule has 11 heavy (non-hydrogen) atoms. The van der Waals surface area contributed by atoms with Gasteiger partial charge in [-0.15, -0.1) is 0 Å². The normalized spacial score (nSPS) is 9.82. The van der Waals surface area contributed by atoms with Gasteiger partial charge in [0.05, 0.1) is 0 Å². The summed E-state index contributed by atoms with van der Waals surface area (Å²) in [4.78, 5) is 0. The summed E-state index contributed by atoms with van der Waals surface area (Å²) in [5.41, 5.74) is 1.97. The highest BCUT2D eigenvalue weighted by Crippen LogP contribution is 2.07. The minimum Gasteiger partial charge on any atom is -0.446 e. The van der Waals surface area contributed by atoms with Gasteiger partial charge in [0.15, 0.2) is 0 Å². The van der Waals surface area contributed by atoms with E-state index in [-0.39, 0.29) is 0 Å². The Kier molecular flexibility index (Phi) is 2.58. The third kappa shape index (κ3) is 1.98. The number of halogens is 1. The molecule has 0 unspecified atom stereocenters. The van der Waals surface area contributed by atoms with Gasteiger partial charge in [0, 0.05) is 5.02 Å². The summed E-state index contributed by atoms with van der Waals surface area (Å²) in [5.74, 6) is 0. The lowest BCUT2D eigenvalue weighted by atomic mass is 9.63. The van der Waals surface area contributed by atoms with Gasteiger partial charge in [-0.05, 0) is 24.5 Å². The van der Waals surface area contributed by atoms with Crippen LogP contribution >= 0.6 is 11.6 Å². The first-order valence-corrected chi connectivity index (χ1v) is 3.93. The van der Waals surface area contributed by atoms with E-state index >= 15 is 0 Å². The molecular formula is C8H10BClO. The van der Waals surface area contributed by atoms with Gasteiger partial charge in [-0.1, -0.05) is 30.1 Å². The fraction of sp³-hybridized carbons (Fsp3) is 0.250. The first-order chi connectivity index (χ1) is 5.11. The number of rotatable bonds is 1. The van der Waals surface area contributed by atoms with Crippen LogP contribution in [-0.2, 0) is 0 Å². The van der Waals surface area contributed by atoms with Crippen LogP contribution in [-0.4, -0.2) is 11.9 Å². The van der Waals surface area contributed by atoms with Gasteiger partial charge in [0.1, 0.15) is 0 Å². The Morgan fingerprint density at radius 1 is 1.45 bits per heavy atom. The van der Waals surface area contributed by atoms with Crippen LogP contribution in [0.25, 0.3) is 0 Å². The van der Waals surface area contributed by atoms with Crippen molar-refractivity contribution in [2.75, 3.05) is 0 Å². The molecule has 0 heterocycles. The highest BCUT2D eigenvalue weighted by molar-refractivity contribution is 6.65. The van der Waals surface area contributed by atoms with E-state index in [2.05, 4.69) is 0 Å². The molecular weight excluding hydrogens is 158 g/mol. The molecule has 0 aliphatic carbocycles. The molecule has 3 heteroatoms. The fourth-order valence-corrected chi connectivity index (χ4v) is 1.24. The molecule has 1 nitrogen and oxygen atoms in total. The van der Waals surface area contributed by atoms with Crippen LogP contribution in [0, 0.1) is 6.92 Å². The summed E-state index contributed by atoms with van der Waals surface area (Å²) in [6.45, 7) is 3.26. The van der Waals surface area contributed by atoms with E-state index in [0.717, 1.165) is 11.0 Å². The quantitative estimate of drug-likeness (QED) is 0.630. The van der Waals surface area contributed by atoms with Crippen molar-refractivity contribution in [3.05, 3.63) is 28.8 Å². The average molecular weight is 168 g/mol. The second-order valence-corrected chi connectivity index (χ2v) is 3.11. The predicted molar refractivity (Wildman–Crippen MR) is 49.7 cm³/mol. The largest absolute Gasteiger partial charge is 0.446 e. The molecule has 0 saturated heterocycles. The highest BCUT2D eigenvalue weighted by atomic mass is 35.5. The highest BCUT2D eigenvalue weighted by Gasteiger charge is 2.09. The number of hydrogen-bond donors (Lipinski definition) is 1. The maximum atomic E-state index is 9.27. The molecule has 0 fully saturated rings. The Hall–Kier alpha value is -0.465. The number of benzene rings is 1. The lowest BCUT2D eigenvalue weighted by molar-refractivity contribution is 0.593. The Balaban J connectivity index is 3.13. The van der Waals surface area contributed by atoms with Crippen molar-refractivity contribution in [3.8, 4) is 0 Å². The summed E-state index contributed by atoms with van der Waals surface area (Å²) in [5, 5.41) is 9.94. The van der Waals surface area contributed by atoms with E-state index in [0.29, 0.717) is 5.02 Å². The Morgan fingerprint density at radius 3 is 2.55 bits per heavy atom. The van der Waals surface area contributed by atoms with Crippen molar-refractivity contribution >= 4 is 24.0 Å². The van der Waals surface area contributed by atoms with Gasteiger partial charge >= 0.3 is 6.92 Å². The molecule has 0 radical (unpaired) electrons. The monoisotopic (exact) mass is 168 g/mol. The van der Waals surface area contributed by atoms with E-state index in [1.807, 2.05) is 19.1 Å². The van der Waals surface area contributed by atoms with Crippen LogP contribution in [0.2, 0.25) is 11.8 Å². The van der Waals surface area contributed by atoms with Crippen LogP contribution in [0.1, 0.15) is 5.56 Å². The Morgan fingerprint density at radius 2 is 2.09 bits per heavy atom. The molecule has 0 atom stereocenters. The third-order valence-corrected chi connectivity index (χ3v) is 1.93. The lowest BCUT2D eigenvalue weighted by Crippen LogP contribution is -2.28. The van der Waals surface area contributed by atoms with E-state index in [1.165, 1.54) is 0 Å². The first-order valence-electron chi connectivity index (χ1n) is 3.55. The SMILES string of the molecule is CB(O)c1cc(Cl)ccc1C. The summed E-state index contributed by atoms with van der Waals surface area (Å²) in [6, 6.07) is 5.52. The Labute approximate surface area is 72.1 Å². The van der Waals surface area contributed by atoms with Gasteiger partial charge in [0.2, 0.25) is 0 Å². The summed E-state index contributed by atoms with van der Waals surface area (Å²) >= 11 is 5.75. The summed E-state index contributed by atoms with van der Waals surface area (Å²) in [6.07, 6.45) is 0. The van der Waals surface area contributed by atoms with Crippen LogP contribution in [0.4, 0.5) is 0 Å².